The monoisotopic (exact) mass is 646 g/mol. The molecule has 3 rings (SSSR count). The lowest BCUT2D eigenvalue weighted by atomic mass is 9.87. The van der Waals surface area contributed by atoms with Crippen molar-refractivity contribution in [3.63, 3.8) is 0 Å². The molecule has 11 nitrogen and oxygen atoms in total. The zero-order valence-electron chi connectivity index (χ0n) is 21.5. The Balaban J connectivity index is 2.01. The topological polar surface area (TPSA) is 155 Å². The van der Waals surface area contributed by atoms with Crippen LogP contribution in [0.2, 0.25) is 0 Å². The molecule has 2 amide bonds. The van der Waals surface area contributed by atoms with E-state index in [-0.39, 0.29) is 50.8 Å². The Morgan fingerprint density at radius 1 is 1.26 bits per heavy atom. The highest BCUT2D eigenvalue weighted by molar-refractivity contribution is 14.1. The van der Waals surface area contributed by atoms with Crippen molar-refractivity contribution in [1.82, 2.24) is 10.2 Å². The maximum absolute atomic E-state index is 13.2. The largest absolute Gasteiger partial charge is 0.493 e. The van der Waals surface area contributed by atoms with E-state index in [4.69, 9.17) is 19.3 Å². The Kier molecular flexibility index (Phi) is 11.3. The van der Waals surface area contributed by atoms with Crippen LogP contribution in [0.25, 0.3) is 0 Å². The predicted molar refractivity (Wildman–Crippen MR) is 145 cm³/mol. The smallest absolute Gasteiger partial charge is 0.290 e. The van der Waals surface area contributed by atoms with Crippen molar-refractivity contribution >= 4 is 40.2 Å². The molecule has 1 fully saturated rings. The van der Waals surface area contributed by atoms with Crippen molar-refractivity contribution in [3.8, 4) is 11.5 Å². The number of carbonyl (C=O) groups is 3. The summed E-state index contributed by atoms with van der Waals surface area (Å²) in [5.41, 5.74) is 0.848. The van der Waals surface area contributed by atoms with Crippen LogP contribution in [0.4, 0.5) is 0 Å². The molecule has 210 valence electrons. The van der Waals surface area contributed by atoms with E-state index in [1.807, 2.05) is 22.6 Å². The fourth-order valence-electron chi connectivity index (χ4n) is 4.58. The Labute approximate surface area is 235 Å². The quantitative estimate of drug-likeness (QED) is 0.190. The average Bonchev–Trinajstić information content (AvgIpc) is 3.44. The van der Waals surface area contributed by atoms with Gasteiger partial charge in [-0.2, -0.15) is 0 Å². The molecule has 0 spiro atoms. The summed E-state index contributed by atoms with van der Waals surface area (Å²) in [6.45, 7) is 1.79. The third-order valence-electron chi connectivity index (χ3n) is 6.59. The van der Waals surface area contributed by atoms with Crippen molar-refractivity contribution in [3.05, 3.63) is 32.9 Å². The van der Waals surface area contributed by atoms with Crippen LogP contribution in [-0.4, -0.2) is 95.6 Å². The van der Waals surface area contributed by atoms with E-state index in [1.54, 1.807) is 19.1 Å². The number of ketones is 1. The van der Waals surface area contributed by atoms with Gasteiger partial charge in [-0.1, -0.05) is 6.92 Å². The summed E-state index contributed by atoms with van der Waals surface area (Å²) in [4.78, 5) is 39.9. The van der Waals surface area contributed by atoms with Crippen LogP contribution in [0.1, 0.15) is 38.2 Å². The van der Waals surface area contributed by atoms with E-state index in [0.717, 1.165) is 6.42 Å². The number of nitrogens with zero attached hydrogens (tertiary/aromatic N) is 1. The van der Waals surface area contributed by atoms with Crippen molar-refractivity contribution in [2.45, 2.75) is 63.6 Å². The molecule has 12 heteroatoms. The number of methoxy groups -OCH3 is 1. The van der Waals surface area contributed by atoms with Crippen molar-refractivity contribution in [2.75, 3.05) is 33.4 Å². The van der Waals surface area contributed by atoms with Crippen molar-refractivity contribution in [1.29, 1.82) is 0 Å². The zero-order valence-corrected chi connectivity index (χ0v) is 23.7. The highest BCUT2D eigenvalue weighted by atomic mass is 127. The lowest BCUT2D eigenvalue weighted by Crippen LogP contribution is -2.57. The first kappa shape index (κ1) is 30.3. The van der Waals surface area contributed by atoms with Gasteiger partial charge in [0.2, 0.25) is 11.7 Å². The maximum Gasteiger partial charge on any atom is 0.290 e. The number of nitrogens with one attached hydrogen (secondary N) is 1. The summed E-state index contributed by atoms with van der Waals surface area (Å²) in [5, 5.41) is 32.8. The second-order valence-corrected chi connectivity index (χ2v) is 10.3. The molecule has 38 heavy (non-hydrogen) atoms. The van der Waals surface area contributed by atoms with Gasteiger partial charge in [0, 0.05) is 38.1 Å². The maximum atomic E-state index is 13.2. The molecule has 2 aliphatic rings. The molecule has 1 aromatic carbocycles. The van der Waals surface area contributed by atoms with E-state index in [0.29, 0.717) is 33.7 Å². The minimum absolute atomic E-state index is 0.00408. The molecule has 1 heterocycles. The molecule has 0 aromatic heterocycles. The lowest BCUT2D eigenvalue weighted by molar-refractivity contribution is -0.150. The molecule has 1 saturated heterocycles. The highest BCUT2D eigenvalue weighted by Gasteiger charge is 2.43. The van der Waals surface area contributed by atoms with Gasteiger partial charge in [-0.25, -0.2) is 0 Å². The van der Waals surface area contributed by atoms with E-state index in [9.17, 15) is 24.6 Å². The summed E-state index contributed by atoms with van der Waals surface area (Å²) in [6.07, 6.45) is 0.324. The summed E-state index contributed by atoms with van der Waals surface area (Å²) >= 11 is 2.02. The number of halogens is 1. The fraction of sp³-hybridized carbons (Fsp3) is 0.577. The average molecular weight is 646 g/mol. The molecule has 0 bridgehead atoms. The zero-order chi connectivity index (χ0) is 27.8. The van der Waals surface area contributed by atoms with Gasteiger partial charge in [-0.3, -0.25) is 14.4 Å². The van der Waals surface area contributed by atoms with E-state index in [1.165, 1.54) is 18.1 Å². The summed E-state index contributed by atoms with van der Waals surface area (Å²) in [7, 11) is 1.45. The number of aliphatic hydroxyl groups is 3. The van der Waals surface area contributed by atoms with Gasteiger partial charge in [0.25, 0.3) is 5.91 Å². The van der Waals surface area contributed by atoms with Crippen LogP contribution in [0.15, 0.2) is 23.8 Å². The molecule has 0 radical (unpaired) electrons. The first-order chi connectivity index (χ1) is 18.2. The molecule has 1 aromatic rings. The second-order valence-electron chi connectivity index (χ2n) is 9.15. The summed E-state index contributed by atoms with van der Waals surface area (Å²) in [5.74, 6) is -1.22. The Bertz CT molecular complexity index is 1040. The number of amides is 2. The van der Waals surface area contributed by atoms with Gasteiger partial charge in [0.05, 0.1) is 36.0 Å². The van der Waals surface area contributed by atoms with E-state index >= 15 is 0 Å². The molecule has 4 unspecified atom stereocenters. The van der Waals surface area contributed by atoms with Crippen LogP contribution in [-0.2, 0) is 25.7 Å². The van der Waals surface area contributed by atoms with Gasteiger partial charge < -0.3 is 39.7 Å². The molecular weight excluding hydrogens is 611 g/mol. The fourth-order valence-corrected chi connectivity index (χ4v) is 5.38. The minimum Gasteiger partial charge on any atom is -0.493 e. The molecule has 4 atom stereocenters. The third kappa shape index (κ3) is 7.23. The number of aliphatic hydroxyl groups excluding tert-OH is 3. The predicted octanol–water partition coefficient (Wildman–Crippen LogP) is 0.694. The Morgan fingerprint density at radius 3 is 2.63 bits per heavy atom. The first-order valence-corrected chi connectivity index (χ1v) is 13.7. The summed E-state index contributed by atoms with van der Waals surface area (Å²) in [6, 6.07) is 2.36. The van der Waals surface area contributed by atoms with Crippen LogP contribution in [0.3, 0.4) is 0 Å². The second kappa shape index (κ2) is 14.2. The van der Waals surface area contributed by atoms with E-state index < -0.39 is 35.8 Å². The molecule has 1 aliphatic heterocycles. The Hall–Kier alpha value is -2.26. The number of ether oxygens (including phenoxy) is 3. The van der Waals surface area contributed by atoms with Crippen molar-refractivity contribution in [2.24, 2.45) is 0 Å². The minimum atomic E-state index is -1.29. The number of hydrogen-bond acceptors (Lipinski definition) is 9. The van der Waals surface area contributed by atoms with Crippen LogP contribution >= 0.6 is 22.6 Å². The number of benzene rings is 1. The van der Waals surface area contributed by atoms with Gasteiger partial charge in [-0.15, -0.1) is 0 Å². The number of Topliss-reactive ketones (excluding diaryl/α,β-unsaturated/α-hetero) is 1. The highest BCUT2D eigenvalue weighted by Crippen LogP contribution is 2.37. The molecule has 4 N–H and O–H groups in total. The van der Waals surface area contributed by atoms with Gasteiger partial charge in [-0.05, 0) is 59.2 Å². The van der Waals surface area contributed by atoms with E-state index in [2.05, 4.69) is 5.32 Å². The van der Waals surface area contributed by atoms with Crippen LogP contribution < -0.4 is 14.8 Å². The Morgan fingerprint density at radius 2 is 2.03 bits per heavy atom. The third-order valence-corrected chi connectivity index (χ3v) is 7.39. The normalized spacial score (nSPS) is 22.9. The molecular formula is C26H35IN2O9. The number of rotatable bonds is 12. The SMILES string of the molecule is CCC(=O)C(=O)N(CC1CCCO1)C1CC(C(=O)NCCO)=CC(Oc2c(I)cc(CO)cc2OC)C1O. The molecule has 0 saturated carbocycles. The number of carbonyl (C=O) groups excluding carboxylic acids is 3. The first-order valence-electron chi connectivity index (χ1n) is 12.6. The van der Waals surface area contributed by atoms with Gasteiger partial charge in [0.15, 0.2) is 11.5 Å². The van der Waals surface area contributed by atoms with Gasteiger partial charge >= 0.3 is 0 Å². The summed E-state index contributed by atoms with van der Waals surface area (Å²) < 4.78 is 18.0. The van der Waals surface area contributed by atoms with Crippen LogP contribution in [0.5, 0.6) is 11.5 Å². The van der Waals surface area contributed by atoms with Gasteiger partial charge in [0.1, 0.15) is 12.2 Å². The van der Waals surface area contributed by atoms with Crippen molar-refractivity contribution < 1.29 is 43.9 Å². The number of hydrogen-bond donors (Lipinski definition) is 4. The standard InChI is InChI=1S/C26H35IN2O9/c1-3-20(32)26(35)29(13-17-5-4-8-37-17)19-11-16(25(34)28-6-7-30)12-21(23(19)33)38-24-18(27)9-15(14-31)10-22(24)36-2/h9-10,12,17,19,21,23,30-31,33H,3-8,11,13-14H2,1-2H3,(H,28,34). The lowest BCUT2D eigenvalue weighted by Gasteiger charge is -2.41. The molecule has 1 aliphatic carbocycles. The van der Waals surface area contributed by atoms with Crippen LogP contribution in [0, 0.1) is 3.57 Å².